The van der Waals surface area contributed by atoms with Gasteiger partial charge in [-0.2, -0.15) is 0 Å². The van der Waals surface area contributed by atoms with E-state index < -0.39 is 11.7 Å². The van der Waals surface area contributed by atoms with E-state index in [-0.39, 0.29) is 5.91 Å². The van der Waals surface area contributed by atoms with Gasteiger partial charge in [0.1, 0.15) is 0 Å². The Morgan fingerprint density at radius 2 is 1.59 bits per heavy atom. The van der Waals surface area contributed by atoms with Crippen molar-refractivity contribution in [2.75, 3.05) is 12.4 Å². The standard InChI is InChI=1S/C17H16N2O3/c1-11-6-8-12(9-7-11)15(20)17(22)19-14-5-3-4-13(10-14)16(21)18-2/h3-10H,1-2H3,(H,18,21)(H,19,22). The van der Waals surface area contributed by atoms with Gasteiger partial charge in [-0.1, -0.05) is 35.9 Å². The van der Waals surface area contributed by atoms with Gasteiger partial charge in [0, 0.05) is 23.9 Å². The molecule has 22 heavy (non-hydrogen) atoms. The average molecular weight is 296 g/mol. The molecule has 5 heteroatoms. The first-order valence-corrected chi connectivity index (χ1v) is 6.76. The van der Waals surface area contributed by atoms with Gasteiger partial charge in [0.05, 0.1) is 0 Å². The number of hydrogen-bond acceptors (Lipinski definition) is 3. The molecule has 0 saturated heterocycles. The van der Waals surface area contributed by atoms with Gasteiger partial charge in [-0.05, 0) is 25.1 Å². The molecule has 0 aliphatic heterocycles. The molecule has 112 valence electrons. The van der Waals surface area contributed by atoms with E-state index in [1.807, 2.05) is 6.92 Å². The highest BCUT2D eigenvalue weighted by atomic mass is 16.2. The molecule has 0 aromatic heterocycles. The minimum absolute atomic E-state index is 0.263. The van der Waals surface area contributed by atoms with Crippen molar-refractivity contribution >= 4 is 23.3 Å². The van der Waals surface area contributed by atoms with Crippen LogP contribution >= 0.6 is 0 Å². The van der Waals surface area contributed by atoms with Gasteiger partial charge in [-0.25, -0.2) is 0 Å². The fourth-order valence-electron chi connectivity index (χ4n) is 1.91. The molecule has 0 aliphatic rings. The molecule has 0 saturated carbocycles. The molecule has 0 aliphatic carbocycles. The van der Waals surface area contributed by atoms with Crippen LogP contribution in [-0.4, -0.2) is 24.6 Å². The van der Waals surface area contributed by atoms with Crippen molar-refractivity contribution in [1.82, 2.24) is 5.32 Å². The summed E-state index contributed by atoms with van der Waals surface area (Å²) in [4.78, 5) is 35.6. The predicted molar refractivity (Wildman–Crippen MR) is 84.0 cm³/mol. The molecule has 5 nitrogen and oxygen atoms in total. The lowest BCUT2D eigenvalue weighted by atomic mass is 10.1. The summed E-state index contributed by atoms with van der Waals surface area (Å²) >= 11 is 0. The maximum absolute atomic E-state index is 12.0. The fourth-order valence-corrected chi connectivity index (χ4v) is 1.91. The van der Waals surface area contributed by atoms with Gasteiger partial charge in [0.25, 0.3) is 17.6 Å². The largest absolute Gasteiger partial charge is 0.355 e. The van der Waals surface area contributed by atoms with Gasteiger partial charge in [0.15, 0.2) is 0 Å². The van der Waals surface area contributed by atoms with Crippen LogP contribution in [0.4, 0.5) is 5.69 Å². The van der Waals surface area contributed by atoms with Gasteiger partial charge >= 0.3 is 0 Å². The lowest BCUT2D eigenvalue weighted by molar-refractivity contribution is -0.112. The number of benzene rings is 2. The minimum Gasteiger partial charge on any atom is -0.355 e. The van der Waals surface area contributed by atoms with Crippen LogP contribution in [0.2, 0.25) is 0 Å². The molecule has 0 unspecified atom stereocenters. The first kappa shape index (κ1) is 15.4. The van der Waals surface area contributed by atoms with E-state index in [1.54, 1.807) is 42.5 Å². The van der Waals surface area contributed by atoms with E-state index in [9.17, 15) is 14.4 Å². The maximum atomic E-state index is 12.0. The van der Waals surface area contributed by atoms with Crippen molar-refractivity contribution < 1.29 is 14.4 Å². The van der Waals surface area contributed by atoms with E-state index in [0.717, 1.165) is 5.56 Å². The summed E-state index contributed by atoms with van der Waals surface area (Å²) in [5, 5.41) is 5.00. The van der Waals surface area contributed by atoms with Crippen LogP contribution in [0.5, 0.6) is 0 Å². The predicted octanol–water partition coefficient (Wildman–Crippen LogP) is 2.18. The normalized spacial score (nSPS) is 9.91. The second kappa shape index (κ2) is 6.67. The summed E-state index contributed by atoms with van der Waals surface area (Å²) in [6.45, 7) is 1.90. The molecule has 2 N–H and O–H groups in total. The summed E-state index contributed by atoms with van der Waals surface area (Å²) in [6.07, 6.45) is 0. The van der Waals surface area contributed by atoms with Gasteiger partial charge in [0.2, 0.25) is 0 Å². The van der Waals surface area contributed by atoms with Gasteiger partial charge < -0.3 is 10.6 Å². The van der Waals surface area contributed by atoms with Crippen LogP contribution in [0.25, 0.3) is 0 Å². The van der Waals surface area contributed by atoms with E-state index >= 15 is 0 Å². The van der Waals surface area contributed by atoms with Crippen molar-refractivity contribution in [3.05, 3.63) is 65.2 Å². The number of anilines is 1. The highest BCUT2D eigenvalue weighted by Crippen LogP contribution is 2.12. The zero-order chi connectivity index (χ0) is 16.1. The Morgan fingerprint density at radius 1 is 0.909 bits per heavy atom. The third kappa shape index (κ3) is 3.58. The second-order valence-corrected chi connectivity index (χ2v) is 4.81. The van der Waals surface area contributed by atoms with Crippen LogP contribution in [0, 0.1) is 6.92 Å². The number of nitrogens with one attached hydrogen (secondary N) is 2. The molecule has 2 aromatic carbocycles. The highest BCUT2D eigenvalue weighted by molar-refractivity contribution is 6.46. The smallest absolute Gasteiger partial charge is 0.296 e. The van der Waals surface area contributed by atoms with Crippen molar-refractivity contribution in [2.45, 2.75) is 6.92 Å². The Bertz CT molecular complexity index is 721. The number of Topliss-reactive ketones (excluding diaryl/α,β-unsaturated/α-hetero) is 1. The third-order valence-corrected chi connectivity index (χ3v) is 3.13. The minimum atomic E-state index is -0.738. The van der Waals surface area contributed by atoms with E-state index in [2.05, 4.69) is 10.6 Å². The van der Waals surface area contributed by atoms with Crippen LogP contribution in [0.15, 0.2) is 48.5 Å². The molecule has 0 fully saturated rings. The zero-order valence-corrected chi connectivity index (χ0v) is 12.3. The van der Waals surface area contributed by atoms with E-state index in [1.165, 1.54) is 13.1 Å². The van der Waals surface area contributed by atoms with Crippen molar-refractivity contribution in [3.8, 4) is 0 Å². The van der Waals surface area contributed by atoms with Crippen LogP contribution < -0.4 is 10.6 Å². The number of ketones is 1. The van der Waals surface area contributed by atoms with Gasteiger partial charge in [-0.15, -0.1) is 0 Å². The lowest BCUT2D eigenvalue weighted by Gasteiger charge is -2.06. The Morgan fingerprint density at radius 3 is 2.23 bits per heavy atom. The topological polar surface area (TPSA) is 75.3 Å². The molecular weight excluding hydrogens is 280 g/mol. The number of carbonyl (C=O) groups is 3. The summed E-state index contributed by atoms with van der Waals surface area (Å²) in [6, 6.07) is 13.1. The first-order chi connectivity index (χ1) is 10.5. The average Bonchev–Trinajstić information content (AvgIpc) is 2.54. The summed E-state index contributed by atoms with van der Waals surface area (Å²) < 4.78 is 0. The number of rotatable bonds is 4. The third-order valence-electron chi connectivity index (χ3n) is 3.13. The number of amides is 2. The molecule has 2 rings (SSSR count). The van der Waals surface area contributed by atoms with Crippen LogP contribution in [-0.2, 0) is 4.79 Å². The Hall–Kier alpha value is -2.95. The fraction of sp³-hybridized carbons (Fsp3) is 0.118. The molecule has 2 amide bonds. The van der Waals surface area contributed by atoms with Gasteiger partial charge in [-0.3, -0.25) is 14.4 Å². The maximum Gasteiger partial charge on any atom is 0.296 e. The highest BCUT2D eigenvalue weighted by Gasteiger charge is 2.16. The molecule has 0 radical (unpaired) electrons. The second-order valence-electron chi connectivity index (χ2n) is 4.81. The Labute approximate surface area is 128 Å². The molecule has 0 bridgehead atoms. The molecule has 0 spiro atoms. The summed E-state index contributed by atoms with van der Waals surface area (Å²) in [5.41, 5.74) is 2.13. The van der Waals surface area contributed by atoms with E-state index in [0.29, 0.717) is 16.8 Å². The zero-order valence-electron chi connectivity index (χ0n) is 12.3. The monoisotopic (exact) mass is 296 g/mol. The van der Waals surface area contributed by atoms with Crippen LogP contribution in [0.3, 0.4) is 0 Å². The molecule has 0 heterocycles. The van der Waals surface area contributed by atoms with Crippen molar-refractivity contribution in [2.24, 2.45) is 0 Å². The van der Waals surface area contributed by atoms with Crippen LogP contribution in [0.1, 0.15) is 26.3 Å². The van der Waals surface area contributed by atoms with Crippen molar-refractivity contribution in [3.63, 3.8) is 0 Å². The molecular formula is C17H16N2O3. The molecule has 0 atom stereocenters. The molecule has 2 aromatic rings. The Kier molecular flexibility index (Phi) is 4.68. The Balaban J connectivity index is 2.13. The summed E-state index contributed by atoms with van der Waals surface area (Å²) in [5.74, 6) is -1.62. The number of aryl methyl sites for hydroxylation is 1. The number of carbonyl (C=O) groups excluding carboxylic acids is 3. The SMILES string of the molecule is CNC(=O)c1cccc(NC(=O)C(=O)c2ccc(C)cc2)c1. The van der Waals surface area contributed by atoms with Crippen molar-refractivity contribution in [1.29, 1.82) is 0 Å². The quantitative estimate of drug-likeness (QED) is 0.670. The van der Waals surface area contributed by atoms with E-state index in [4.69, 9.17) is 0 Å². The lowest BCUT2D eigenvalue weighted by Crippen LogP contribution is -2.23. The first-order valence-electron chi connectivity index (χ1n) is 6.76. The summed E-state index contributed by atoms with van der Waals surface area (Å²) in [7, 11) is 1.52. The number of hydrogen-bond donors (Lipinski definition) is 2.